The van der Waals surface area contributed by atoms with Crippen molar-refractivity contribution in [3.63, 3.8) is 0 Å². The fraction of sp³-hybridized carbons (Fsp3) is 0.448. The van der Waals surface area contributed by atoms with Gasteiger partial charge < -0.3 is 9.72 Å². The molecule has 2 aromatic carbocycles. The first-order valence-corrected chi connectivity index (χ1v) is 12.3. The fourth-order valence-corrected chi connectivity index (χ4v) is 7.77. The van der Waals surface area contributed by atoms with Crippen LogP contribution in [0.1, 0.15) is 67.1 Å². The number of carbonyl (C=O) groups is 2. The molecule has 0 saturated heterocycles. The molecule has 1 N–H and O–H groups in total. The first-order valence-electron chi connectivity index (χ1n) is 12.3. The number of carbonyl (C=O) groups excluding carboxylic acids is 2. The Morgan fingerprint density at radius 1 is 0.970 bits per heavy atom. The van der Waals surface area contributed by atoms with E-state index in [4.69, 9.17) is 4.74 Å². The Kier molecular flexibility index (Phi) is 4.59. The normalized spacial score (nSPS) is 31.0. The van der Waals surface area contributed by atoms with Crippen LogP contribution in [0.3, 0.4) is 0 Å². The van der Waals surface area contributed by atoms with Crippen molar-refractivity contribution in [3.05, 3.63) is 71.4 Å². The lowest BCUT2D eigenvalue weighted by molar-refractivity contribution is -0.176. The number of rotatable bonds is 5. The molecule has 1 aromatic heterocycles. The number of benzene rings is 2. The van der Waals surface area contributed by atoms with Crippen molar-refractivity contribution >= 4 is 22.7 Å². The van der Waals surface area contributed by atoms with Gasteiger partial charge in [0.05, 0.1) is 5.41 Å². The summed E-state index contributed by atoms with van der Waals surface area (Å²) in [4.78, 5) is 30.4. The monoisotopic (exact) mass is 441 g/mol. The number of aromatic nitrogens is 1. The molecule has 7 rings (SSSR count). The molecular weight excluding hydrogens is 410 g/mol. The molecule has 0 spiro atoms. The van der Waals surface area contributed by atoms with E-state index in [9.17, 15) is 9.59 Å². The number of nitrogens with one attached hydrogen (secondary N) is 1. The highest BCUT2D eigenvalue weighted by Gasteiger charge is 2.61. The van der Waals surface area contributed by atoms with E-state index in [1.165, 1.54) is 24.8 Å². The molecule has 0 aliphatic heterocycles. The van der Waals surface area contributed by atoms with Gasteiger partial charge in [-0.25, -0.2) is 0 Å². The summed E-state index contributed by atoms with van der Waals surface area (Å²) in [6, 6.07) is 18.6. The Hall–Kier alpha value is -2.88. The predicted molar refractivity (Wildman–Crippen MR) is 128 cm³/mol. The maximum absolute atomic E-state index is 13.7. The zero-order valence-electron chi connectivity index (χ0n) is 19.4. The Bertz CT molecular complexity index is 1230. The van der Waals surface area contributed by atoms with Gasteiger partial charge in [-0.2, -0.15) is 0 Å². The van der Waals surface area contributed by atoms with Crippen molar-refractivity contribution in [1.82, 2.24) is 4.98 Å². The molecule has 2 unspecified atom stereocenters. The van der Waals surface area contributed by atoms with Crippen LogP contribution in [-0.4, -0.2) is 22.8 Å². The second-order valence-electron chi connectivity index (χ2n) is 11.0. The average Bonchev–Trinajstić information content (AvgIpc) is 3.14. The molecule has 5 atom stereocenters. The van der Waals surface area contributed by atoms with E-state index in [-0.39, 0.29) is 17.2 Å². The zero-order valence-corrected chi connectivity index (χ0v) is 19.4. The molecule has 4 nitrogen and oxygen atoms in total. The molecule has 4 heteroatoms. The molecule has 33 heavy (non-hydrogen) atoms. The number of aryl methyl sites for hydroxylation is 1. The number of Topliss-reactive ketones (excluding diaryl/α,β-unsaturated/α-hetero) is 1. The summed E-state index contributed by atoms with van der Waals surface area (Å²) in [5, 5.41) is 0.890. The van der Waals surface area contributed by atoms with Crippen LogP contribution in [0.5, 0.6) is 0 Å². The van der Waals surface area contributed by atoms with Crippen LogP contribution in [0.4, 0.5) is 0 Å². The van der Waals surface area contributed by atoms with Gasteiger partial charge in [0.25, 0.3) is 0 Å². The number of hydrogen-bond acceptors (Lipinski definition) is 3. The van der Waals surface area contributed by atoms with Crippen LogP contribution in [0.15, 0.2) is 54.6 Å². The van der Waals surface area contributed by atoms with Crippen LogP contribution >= 0.6 is 0 Å². The van der Waals surface area contributed by atoms with E-state index in [2.05, 4.69) is 35.3 Å². The highest BCUT2D eigenvalue weighted by Crippen LogP contribution is 2.66. The number of hydrogen-bond donors (Lipinski definition) is 1. The van der Waals surface area contributed by atoms with Crippen molar-refractivity contribution in [3.8, 4) is 0 Å². The molecule has 4 aliphatic carbocycles. The SMILES string of the molecule is Cc1[nH]c2ccccc2c1C(=O)[C@H](C)OC(=O)C12C[C@H]3C[C@@H](C1)CC(c1ccccc1)(C3)C2. The van der Waals surface area contributed by atoms with Gasteiger partial charge in [-0.3, -0.25) is 9.59 Å². The van der Waals surface area contributed by atoms with Gasteiger partial charge in [-0.05, 0) is 81.3 Å². The smallest absolute Gasteiger partial charge is 0.312 e. The second kappa shape index (κ2) is 7.31. The highest BCUT2D eigenvalue weighted by atomic mass is 16.5. The summed E-state index contributed by atoms with van der Waals surface area (Å²) in [6.45, 7) is 3.64. The molecule has 1 heterocycles. The predicted octanol–water partition coefficient (Wildman–Crippen LogP) is 6.13. The maximum atomic E-state index is 13.7. The molecule has 0 radical (unpaired) electrons. The average molecular weight is 442 g/mol. The summed E-state index contributed by atoms with van der Waals surface area (Å²) in [5.74, 6) is 0.859. The van der Waals surface area contributed by atoms with Crippen molar-refractivity contribution in [2.45, 2.75) is 63.9 Å². The molecule has 0 amide bonds. The molecule has 3 aromatic rings. The van der Waals surface area contributed by atoms with Gasteiger partial charge in [0, 0.05) is 22.2 Å². The molecular formula is C29H31NO3. The van der Waals surface area contributed by atoms with E-state index >= 15 is 0 Å². The van der Waals surface area contributed by atoms with Crippen molar-refractivity contribution in [2.75, 3.05) is 0 Å². The van der Waals surface area contributed by atoms with E-state index in [0.29, 0.717) is 17.4 Å². The summed E-state index contributed by atoms with van der Waals surface area (Å²) in [7, 11) is 0. The number of ether oxygens (including phenoxy) is 1. The summed E-state index contributed by atoms with van der Waals surface area (Å²) in [6.07, 6.45) is 5.44. The molecule has 170 valence electrons. The van der Waals surface area contributed by atoms with Gasteiger partial charge in [0.1, 0.15) is 0 Å². The van der Waals surface area contributed by atoms with E-state index in [0.717, 1.165) is 35.9 Å². The minimum absolute atomic E-state index is 0.0744. The third kappa shape index (κ3) is 3.18. The lowest BCUT2D eigenvalue weighted by Crippen LogP contribution is -2.57. The van der Waals surface area contributed by atoms with Gasteiger partial charge in [0.2, 0.25) is 5.78 Å². The number of para-hydroxylation sites is 1. The third-order valence-electron chi connectivity index (χ3n) is 8.67. The first-order chi connectivity index (χ1) is 15.9. The van der Waals surface area contributed by atoms with Crippen LogP contribution in [0, 0.1) is 24.2 Å². The zero-order chi connectivity index (χ0) is 22.8. The van der Waals surface area contributed by atoms with Gasteiger partial charge in [-0.15, -0.1) is 0 Å². The molecule has 4 bridgehead atoms. The standard InChI is InChI=1S/C29H31NO3/c1-18-25(23-10-6-7-11-24(23)30-18)26(31)19(2)33-27(32)29-15-20-12-21(16-29)14-28(13-20,17-29)22-8-4-3-5-9-22/h3-11,19-21,30H,12-17H2,1-2H3/t19-,20-,21+,28?,29?/m0/s1. The van der Waals surface area contributed by atoms with Crippen LogP contribution in [-0.2, 0) is 14.9 Å². The van der Waals surface area contributed by atoms with Gasteiger partial charge >= 0.3 is 5.97 Å². The summed E-state index contributed by atoms with van der Waals surface area (Å²) < 4.78 is 6.00. The minimum atomic E-state index is -0.795. The third-order valence-corrected chi connectivity index (χ3v) is 8.67. The fourth-order valence-electron chi connectivity index (χ4n) is 7.77. The molecule has 4 aliphatic rings. The first kappa shape index (κ1) is 20.7. The largest absolute Gasteiger partial charge is 0.454 e. The maximum Gasteiger partial charge on any atom is 0.312 e. The van der Waals surface area contributed by atoms with Gasteiger partial charge in [0.15, 0.2) is 6.10 Å². The number of aromatic amines is 1. The van der Waals surface area contributed by atoms with Crippen LogP contribution in [0.2, 0.25) is 0 Å². The Labute approximate surface area is 194 Å². The quantitative estimate of drug-likeness (QED) is 0.383. The topological polar surface area (TPSA) is 59.2 Å². The van der Waals surface area contributed by atoms with Crippen molar-refractivity contribution in [2.24, 2.45) is 17.3 Å². The second-order valence-corrected chi connectivity index (χ2v) is 11.0. The van der Waals surface area contributed by atoms with E-state index in [1.807, 2.05) is 31.2 Å². The minimum Gasteiger partial charge on any atom is -0.454 e. The summed E-state index contributed by atoms with van der Waals surface area (Å²) in [5.41, 5.74) is 3.38. The van der Waals surface area contributed by atoms with Gasteiger partial charge in [-0.1, -0.05) is 48.5 Å². The number of fused-ring (bicyclic) bond motifs is 1. The highest BCUT2D eigenvalue weighted by molar-refractivity contribution is 6.11. The lowest BCUT2D eigenvalue weighted by atomic mass is 9.43. The Morgan fingerprint density at radius 3 is 2.36 bits per heavy atom. The van der Waals surface area contributed by atoms with Crippen LogP contribution in [0.25, 0.3) is 10.9 Å². The number of esters is 1. The van der Waals surface area contributed by atoms with Crippen LogP contribution < -0.4 is 0 Å². The number of H-pyrrole nitrogens is 1. The van der Waals surface area contributed by atoms with Crippen molar-refractivity contribution in [1.29, 1.82) is 0 Å². The Morgan fingerprint density at radius 2 is 1.64 bits per heavy atom. The summed E-state index contributed by atoms with van der Waals surface area (Å²) >= 11 is 0. The molecule has 4 saturated carbocycles. The molecule has 4 fully saturated rings. The Balaban J connectivity index is 1.27. The van der Waals surface area contributed by atoms with E-state index in [1.54, 1.807) is 6.92 Å². The lowest BCUT2D eigenvalue weighted by Gasteiger charge is -2.61. The van der Waals surface area contributed by atoms with Crippen molar-refractivity contribution < 1.29 is 14.3 Å². The number of ketones is 1. The van der Waals surface area contributed by atoms with E-state index < -0.39 is 11.5 Å².